The summed E-state index contributed by atoms with van der Waals surface area (Å²) >= 11 is 6.95. The van der Waals surface area contributed by atoms with Gasteiger partial charge in [0.05, 0.1) is 11.3 Å². The minimum atomic E-state index is -0.943. The molecule has 4 nitrogen and oxygen atoms in total. The second-order valence-electron chi connectivity index (χ2n) is 4.20. The van der Waals surface area contributed by atoms with Gasteiger partial charge in [-0.1, -0.05) is 6.07 Å². The van der Waals surface area contributed by atoms with E-state index in [1.807, 2.05) is 18.2 Å². The van der Waals surface area contributed by atoms with Crippen LogP contribution in [-0.4, -0.2) is 24.2 Å². The molecule has 0 aliphatic carbocycles. The second-order valence-corrected chi connectivity index (χ2v) is 5.91. The van der Waals surface area contributed by atoms with Crippen LogP contribution in [0, 0.1) is 0 Å². The van der Waals surface area contributed by atoms with Crippen LogP contribution in [0.5, 0.6) is 5.75 Å². The van der Waals surface area contributed by atoms with Crippen LogP contribution in [0.3, 0.4) is 0 Å². The summed E-state index contributed by atoms with van der Waals surface area (Å²) in [6.45, 7) is 1.10. The van der Waals surface area contributed by atoms with Gasteiger partial charge in [0.15, 0.2) is 0 Å². The summed E-state index contributed by atoms with van der Waals surface area (Å²) < 4.78 is 7.51. The summed E-state index contributed by atoms with van der Waals surface area (Å²) in [5, 5.41) is 12.1. The lowest BCUT2D eigenvalue weighted by atomic mass is 10.2. The molecule has 0 radical (unpaired) electrons. The van der Waals surface area contributed by atoms with E-state index in [0.29, 0.717) is 18.9 Å². The van der Waals surface area contributed by atoms with E-state index in [0.717, 1.165) is 14.6 Å². The molecule has 0 saturated heterocycles. The predicted molar refractivity (Wildman–Crippen MR) is 89.2 cm³/mol. The van der Waals surface area contributed by atoms with Crippen LogP contribution in [0.1, 0.15) is 10.4 Å². The first-order valence-corrected chi connectivity index (χ1v) is 7.80. The zero-order chi connectivity index (χ0) is 15.2. The number of hydrogen-bond acceptors (Lipinski definition) is 3. The number of rotatable bonds is 6. The number of benzene rings is 2. The zero-order valence-electron chi connectivity index (χ0n) is 11.0. The molecule has 0 saturated carbocycles. The van der Waals surface area contributed by atoms with Crippen LogP contribution in [0.15, 0.2) is 51.4 Å². The second kappa shape index (κ2) is 7.47. The first kappa shape index (κ1) is 15.9. The van der Waals surface area contributed by atoms with Gasteiger partial charge in [0.25, 0.3) is 0 Å². The molecule has 0 atom stereocenters. The molecule has 0 bridgehead atoms. The third-order valence-corrected chi connectivity index (χ3v) is 4.06. The van der Waals surface area contributed by atoms with Gasteiger partial charge in [0, 0.05) is 15.5 Å². The molecule has 2 aromatic carbocycles. The number of hydrogen-bond donors (Lipinski definition) is 2. The highest BCUT2D eigenvalue weighted by Gasteiger charge is 2.04. The van der Waals surface area contributed by atoms with Gasteiger partial charge < -0.3 is 15.2 Å². The maximum atomic E-state index is 10.7. The Kier molecular flexibility index (Phi) is 5.64. The Morgan fingerprint density at radius 3 is 2.29 bits per heavy atom. The molecule has 0 aliphatic heterocycles. The number of carbonyl (C=O) groups is 1. The average molecular weight is 415 g/mol. The molecule has 0 amide bonds. The molecule has 0 spiro atoms. The fourth-order valence-corrected chi connectivity index (χ4v) is 2.98. The summed E-state index contributed by atoms with van der Waals surface area (Å²) in [5.41, 5.74) is 1.22. The average Bonchev–Trinajstić information content (AvgIpc) is 2.46. The molecule has 2 aromatic rings. The molecule has 6 heteroatoms. The number of para-hydroxylation sites is 1. The quantitative estimate of drug-likeness (QED) is 0.687. The SMILES string of the molecule is O=C(O)c1ccc(OCCNc2c(Br)cccc2Br)cc1. The molecule has 0 aromatic heterocycles. The Morgan fingerprint density at radius 2 is 1.71 bits per heavy atom. The summed E-state index contributed by atoms with van der Waals surface area (Å²) in [7, 11) is 0. The number of halogens is 2. The molecule has 0 heterocycles. The highest BCUT2D eigenvalue weighted by molar-refractivity contribution is 9.11. The lowest BCUT2D eigenvalue weighted by molar-refractivity contribution is 0.0697. The molecule has 0 fully saturated rings. The Bertz CT molecular complexity index is 609. The Morgan fingerprint density at radius 1 is 1.10 bits per heavy atom. The number of anilines is 1. The van der Waals surface area contributed by atoms with Crippen LogP contribution in [0.25, 0.3) is 0 Å². The van der Waals surface area contributed by atoms with Gasteiger partial charge in [0.2, 0.25) is 0 Å². The molecule has 110 valence electrons. The van der Waals surface area contributed by atoms with E-state index in [2.05, 4.69) is 37.2 Å². The molecule has 2 N–H and O–H groups in total. The predicted octanol–water partition coefficient (Wildman–Crippen LogP) is 4.40. The van der Waals surface area contributed by atoms with Crippen molar-refractivity contribution in [1.29, 1.82) is 0 Å². The van der Waals surface area contributed by atoms with Crippen molar-refractivity contribution in [2.75, 3.05) is 18.5 Å². The van der Waals surface area contributed by atoms with Crippen LogP contribution in [0.4, 0.5) is 5.69 Å². The summed E-state index contributed by atoms with van der Waals surface area (Å²) in [4.78, 5) is 10.7. The Labute approximate surface area is 139 Å². The third kappa shape index (κ3) is 4.47. The minimum Gasteiger partial charge on any atom is -0.492 e. The molecule has 21 heavy (non-hydrogen) atoms. The van der Waals surface area contributed by atoms with E-state index in [9.17, 15) is 4.79 Å². The zero-order valence-corrected chi connectivity index (χ0v) is 14.1. The standard InChI is InChI=1S/C15H13Br2NO3/c16-12-2-1-3-13(17)14(12)18-8-9-21-11-6-4-10(5-7-11)15(19)20/h1-7,18H,8-9H2,(H,19,20). The van der Waals surface area contributed by atoms with Crippen LogP contribution >= 0.6 is 31.9 Å². The molecule has 2 rings (SSSR count). The number of carboxylic acids is 1. The van der Waals surface area contributed by atoms with Crippen LogP contribution in [0.2, 0.25) is 0 Å². The Balaban J connectivity index is 1.83. The van der Waals surface area contributed by atoms with Crippen molar-refractivity contribution < 1.29 is 14.6 Å². The van der Waals surface area contributed by atoms with Crippen molar-refractivity contribution in [3.05, 3.63) is 57.0 Å². The summed E-state index contributed by atoms with van der Waals surface area (Å²) in [6, 6.07) is 12.2. The van der Waals surface area contributed by atoms with Crippen molar-refractivity contribution in [1.82, 2.24) is 0 Å². The van der Waals surface area contributed by atoms with Crippen molar-refractivity contribution in [3.63, 3.8) is 0 Å². The number of ether oxygens (including phenoxy) is 1. The van der Waals surface area contributed by atoms with Gasteiger partial charge in [-0.2, -0.15) is 0 Å². The van der Waals surface area contributed by atoms with E-state index in [-0.39, 0.29) is 5.56 Å². The topological polar surface area (TPSA) is 58.6 Å². The van der Waals surface area contributed by atoms with Gasteiger partial charge in [-0.3, -0.25) is 0 Å². The van der Waals surface area contributed by atoms with Crippen LogP contribution in [-0.2, 0) is 0 Å². The van der Waals surface area contributed by atoms with Crippen molar-refractivity contribution >= 4 is 43.5 Å². The van der Waals surface area contributed by atoms with E-state index in [1.165, 1.54) is 12.1 Å². The third-order valence-electron chi connectivity index (χ3n) is 2.74. The maximum Gasteiger partial charge on any atom is 0.335 e. The lowest BCUT2D eigenvalue weighted by Crippen LogP contribution is -2.12. The monoisotopic (exact) mass is 413 g/mol. The fraction of sp³-hybridized carbons (Fsp3) is 0.133. The van der Waals surface area contributed by atoms with Gasteiger partial charge in [-0.25, -0.2) is 4.79 Å². The van der Waals surface area contributed by atoms with E-state index >= 15 is 0 Å². The maximum absolute atomic E-state index is 10.7. The van der Waals surface area contributed by atoms with Gasteiger partial charge >= 0.3 is 5.97 Å². The van der Waals surface area contributed by atoms with Crippen molar-refractivity contribution in [2.24, 2.45) is 0 Å². The molecular weight excluding hydrogens is 402 g/mol. The Hall–Kier alpha value is -1.53. The van der Waals surface area contributed by atoms with Crippen LogP contribution < -0.4 is 10.1 Å². The van der Waals surface area contributed by atoms with Crippen molar-refractivity contribution in [2.45, 2.75) is 0 Å². The molecule has 0 aliphatic rings. The molecule has 0 unspecified atom stereocenters. The van der Waals surface area contributed by atoms with Gasteiger partial charge in [0.1, 0.15) is 12.4 Å². The number of carboxylic acid groups (broad SMARTS) is 1. The van der Waals surface area contributed by atoms with E-state index < -0.39 is 5.97 Å². The highest BCUT2D eigenvalue weighted by atomic mass is 79.9. The van der Waals surface area contributed by atoms with Crippen molar-refractivity contribution in [3.8, 4) is 5.75 Å². The smallest absolute Gasteiger partial charge is 0.335 e. The molecular formula is C15H13Br2NO3. The number of nitrogens with one attached hydrogen (secondary N) is 1. The first-order valence-electron chi connectivity index (χ1n) is 6.22. The normalized spacial score (nSPS) is 10.2. The highest BCUT2D eigenvalue weighted by Crippen LogP contribution is 2.30. The lowest BCUT2D eigenvalue weighted by Gasteiger charge is -2.11. The largest absolute Gasteiger partial charge is 0.492 e. The number of aromatic carboxylic acids is 1. The van der Waals surface area contributed by atoms with Gasteiger partial charge in [-0.15, -0.1) is 0 Å². The first-order chi connectivity index (χ1) is 10.1. The fourth-order valence-electron chi connectivity index (χ4n) is 1.71. The van der Waals surface area contributed by atoms with E-state index in [4.69, 9.17) is 9.84 Å². The minimum absolute atomic E-state index is 0.248. The van der Waals surface area contributed by atoms with E-state index in [1.54, 1.807) is 12.1 Å². The summed E-state index contributed by atoms with van der Waals surface area (Å²) in [6.07, 6.45) is 0. The summed E-state index contributed by atoms with van der Waals surface area (Å²) in [5.74, 6) is -0.296. The van der Waals surface area contributed by atoms with Gasteiger partial charge in [-0.05, 0) is 68.3 Å².